The molecule has 1 aromatic heterocycles. The molecule has 1 aliphatic heterocycles. The van der Waals surface area contributed by atoms with Crippen molar-refractivity contribution in [3.05, 3.63) is 53.7 Å². The largest absolute Gasteiger partial charge is 0.351 e. The maximum absolute atomic E-state index is 13.9. The summed E-state index contributed by atoms with van der Waals surface area (Å²) in [6.45, 7) is 1.22. The van der Waals surface area contributed by atoms with Crippen LogP contribution in [-0.2, 0) is 0 Å². The van der Waals surface area contributed by atoms with E-state index >= 15 is 0 Å². The first kappa shape index (κ1) is 14.1. The summed E-state index contributed by atoms with van der Waals surface area (Å²) >= 11 is 1.69. The number of hydrogen-bond acceptors (Lipinski definition) is 4. The van der Waals surface area contributed by atoms with Crippen LogP contribution >= 0.6 is 11.8 Å². The number of aromatic nitrogens is 1. The topological polar surface area (TPSA) is 46.3 Å². The monoisotopic (exact) mass is 306 g/mol. The Morgan fingerprint density at radius 1 is 1.33 bits per heavy atom. The highest BCUT2D eigenvalue weighted by Gasteiger charge is 2.25. The van der Waals surface area contributed by atoms with Gasteiger partial charge in [0, 0.05) is 35.7 Å². The highest BCUT2D eigenvalue weighted by atomic mass is 32.2. The molecule has 6 heteroatoms. The third-order valence-corrected chi connectivity index (χ3v) is 4.84. The first-order valence-electron chi connectivity index (χ1n) is 6.81. The third-order valence-electron chi connectivity index (χ3n) is 3.53. The predicted octanol–water partition coefficient (Wildman–Crippen LogP) is 3.13. The van der Waals surface area contributed by atoms with Gasteiger partial charge in [-0.15, -0.1) is 0 Å². The van der Waals surface area contributed by atoms with Crippen LogP contribution in [-0.4, -0.2) is 34.8 Å². The Morgan fingerprint density at radius 3 is 2.95 bits per heavy atom. The van der Waals surface area contributed by atoms with Crippen LogP contribution < -0.4 is 0 Å². The van der Waals surface area contributed by atoms with Crippen LogP contribution in [0.3, 0.4) is 0 Å². The van der Waals surface area contributed by atoms with Gasteiger partial charge in [0.15, 0.2) is 0 Å². The van der Waals surface area contributed by atoms with Crippen molar-refractivity contribution in [3.63, 3.8) is 0 Å². The van der Waals surface area contributed by atoms with E-state index in [1.165, 1.54) is 12.3 Å². The van der Waals surface area contributed by atoms with Crippen molar-refractivity contribution in [2.45, 2.75) is 11.7 Å². The number of amides is 1. The highest BCUT2D eigenvalue weighted by Crippen LogP contribution is 2.35. The number of halogens is 1. The lowest BCUT2D eigenvalue weighted by atomic mass is 10.1. The number of hydrogen-bond donors (Lipinski definition) is 0. The molecule has 0 radical (unpaired) electrons. The van der Waals surface area contributed by atoms with Gasteiger partial charge in [-0.2, -0.15) is 11.8 Å². The lowest BCUT2D eigenvalue weighted by Gasteiger charge is -2.18. The summed E-state index contributed by atoms with van der Waals surface area (Å²) in [7, 11) is 0. The third kappa shape index (κ3) is 3.10. The van der Waals surface area contributed by atoms with E-state index in [1.54, 1.807) is 28.8 Å². The summed E-state index contributed by atoms with van der Waals surface area (Å²) in [6, 6.07) is 8.41. The molecule has 0 N–H and O–H groups in total. The van der Waals surface area contributed by atoms with Gasteiger partial charge in [-0.1, -0.05) is 23.4 Å². The zero-order valence-electron chi connectivity index (χ0n) is 11.4. The van der Waals surface area contributed by atoms with Crippen molar-refractivity contribution < 1.29 is 13.7 Å². The molecule has 2 heterocycles. The molecule has 1 saturated heterocycles. The van der Waals surface area contributed by atoms with Crippen LogP contribution in [0.4, 0.5) is 4.39 Å². The fourth-order valence-electron chi connectivity index (χ4n) is 2.44. The van der Waals surface area contributed by atoms with Crippen LogP contribution in [0.25, 0.3) is 0 Å². The number of thioether (sulfide) groups is 1. The minimum atomic E-state index is -0.176. The zero-order valence-corrected chi connectivity index (χ0v) is 12.2. The van der Waals surface area contributed by atoms with Gasteiger partial charge in [0.05, 0.1) is 6.20 Å². The lowest BCUT2D eigenvalue weighted by molar-refractivity contribution is 0.0724. The Kier molecular flexibility index (Phi) is 4.24. The maximum atomic E-state index is 13.9. The predicted molar refractivity (Wildman–Crippen MR) is 78.6 cm³/mol. The van der Waals surface area contributed by atoms with Gasteiger partial charge in [-0.05, 0) is 12.5 Å². The molecule has 3 rings (SSSR count). The molecule has 0 bridgehead atoms. The Labute approximate surface area is 126 Å². The van der Waals surface area contributed by atoms with Crippen molar-refractivity contribution in [3.8, 4) is 0 Å². The Hall–Kier alpha value is -1.82. The molecule has 1 amide bonds. The van der Waals surface area contributed by atoms with Gasteiger partial charge < -0.3 is 9.42 Å². The van der Waals surface area contributed by atoms with E-state index < -0.39 is 0 Å². The Morgan fingerprint density at radius 2 is 2.19 bits per heavy atom. The quantitative estimate of drug-likeness (QED) is 0.855. The summed E-state index contributed by atoms with van der Waals surface area (Å²) in [5, 5.41) is 3.64. The van der Waals surface area contributed by atoms with E-state index in [-0.39, 0.29) is 22.7 Å². The fourth-order valence-corrected chi connectivity index (χ4v) is 3.69. The molecule has 2 aromatic rings. The van der Waals surface area contributed by atoms with Gasteiger partial charge in [-0.3, -0.25) is 4.79 Å². The van der Waals surface area contributed by atoms with Crippen LogP contribution in [0.2, 0.25) is 0 Å². The van der Waals surface area contributed by atoms with Crippen molar-refractivity contribution >= 4 is 17.7 Å². The SMILES string of the molecule is O=C(c1ccno1)N1CCSC(c2ccccc2F)CC1. The minimum Gasteiger partial charge on any atom is -0.351 e. The molecule has 1 aromatic carbocycles. The maximum Gasteiger partial charge on any atom is 0.292 e. The number of nitrogens with zero attached hydrogens (tertiary/aromatic N) is 2. The minimum absolute atomic E-state index is 0.0822. The molecular formula is C15H15FN2O2S. The van der Waals surface area contributed by atoms with Gasteiger partial charge >= 0.3 is 0 Å². The molecule has 1 unspecified atom stereocenters. The van der Waals surface area contributed by atoms with Gasteiger partial charge in [0.1, 0.15) is 5.82 Å². The number of carbonyl (C=O) groups excluding carboxylic acids is 1. The zero-order chi connectivity index (χ0) is 14.7. The molecule has 4 nitrogen and oxygen atoms in total. The molecule has 1 aliphatic rings. The van der Waals surface area contributed by atoms with Crippen molar-refractivity contribution in [2.24, 2.45) is 0 Å². The molecule has 0 saturated carbocycles. The summed E-state index contributed by atoms with van der Waals surface area (Å²) < 4.78 is 18.8. The summed E-state index contributed by atoms with van der Waals surface area (Å²) in [6.07, 6.45) is 2.19. The van der Waals surface area contributed by atoms with Crippen molar-refractivity contribution in [1.82, 2.24) is 10.1 Å². The Bertz CT molecular complexity index is 618. The van der Waals surface area contributed by atoms with Crippen LogP contribution in [0.1, 0.15) is 27.8 Å². The van der Waals surface area contributed by atoms with Crippen LogP contribution in [0, 0.1) is 5.82 Å². The molecule has 0 aliphatic carbocycles. The van der Waals surface area contributed by atoms with E-state index in [9.17, 15) is 9.18 Å². The molecule has 0 spiro atoms. The second-order valence-corrected chi connectivity index (χ2v) is 6.15. The molecule has 110 valence electrons. The molecular weight excluding hydrogens is 291 g/mol. The highest BCUT2D eigenvalue weighted by molar-refractivity contribution is 7.99. The summed E-state index contributed by atoms with van der Waals surface area (Å²) in [5.74, 6) is 0.704. The Balaban J connectivity index is 1.70. The standard InChI is InChI=1S/C15H15FN2O2S/c16-12-4-2-1-3-11(12)14-6-8-18(9-10-21-14)15(19)13-5-7-17-20-13/h1-5,7,14H,6,8-10H2. The van der Waals surface area contributed by atoms with Gasteiger partial charge in [-0.25, -0.2) is 4.39 Å². The van der Waals surface area contributed by atoms with Crippen LogP contribution in [0.15, 0.2) is 41.1 Å². The van der Waals surface area contributed by atoms with Gasteiger partial charge in [0.25, 0.3) is 5.91 Å². The lowest BCUT2D eigenvalue weighted by Crippen LogP contribution is -2.32. The number of carbonyl (C=O) groups is 1. The average Bonchev–Trinajstić information content (AvgIpc) is 2.92. The van der Waals surface area contributed by atoms with E-state index in [2.05, 4.69) is 5.16 Å². The molecule has 21 heavy (non-hydrogen) atoms. The van der Waals surface area contributed by atoms with Crippen molar-refractivity contribution in [1.29, 1.82) is 0 Å². The second-order valence-electron chi connectivity index (χ2n) is 4.84. The first-order valence-corrected chi connectivity index (χ1v) is 7.86. The number of benzene rings is 1. The molecule has 1 fully saturated rings. The van der Waals surface area contributed by atoms with Gasteiger partial charge in [0.2, 0.25) is 5.76 Å². The van der Waals surface area contributed by atoms with Crippen molar-refractivity contribution in [2.75, 3.05) is 18.8 Å². The van der Waals surface area contributed by atoms with Crippen LogP contribution in [0.5, 0.6) is 0 Å². The van der Waals surface area contributed by atoms with E-state index in [0.717, 1.165) is 17.7 Å². The summed E-state index contributed by atoms with van der Waals surface area (Å²) in [5.41, 5.74) is 0.719. The fraction of sp³-hybridized carbons (Fsp3) is 0.333. The number of rotatable bonds is 2. The average molecular weight is 306 g/mol. The smallest absolute Gasteiger partial charge is 0.292 e. The normalized spacial score (nSPS) is 19.3. The summed E-state index contributed by atoms with van der Waals surface area (Å²) in [4.78, 5) is 14.0. The van der Waals surface area contributed by atoms with E-state index in [4.69, 9.17) is 4.52 Å². The second kappa shape index (κ2) is 6.30. The first-order chi connectivity index (χ1) is 10.3. The molecule has 1 atom stereocenters. The van der Waals surface area contributed by atoms with E-state index in [1.807, 2.05) is 12.1 Å². The van der Waals surface area contributed by atoms with E-state index in [0.29, 0.717) is 13.1 Å².